The van der Waals surface area contributed by atoms with Crippen molar-refractivity contribution in [2.24, 2.45) is 10.8 Å². The Morgan fingerprint density at radius 1 is 1.00 bits per heavy atom. The fourth-order valence-electron chi connectivity index (χ4n) is 2.68. The Morgan fingerprint density at radius 3 is 1.75 bits per heavy atom. The molecule has 1 aliphatic rings. The molecule has 16 heavy (non-hydrogen) atoms. The predicted octanol–water partition coefficient (Wildman–Crippen LogP) is 4.24. The van der Waals surface area contributed by atoms with Crippen LogP contribution in [0.2, 0.25) is 6.04 Å². The van der Waals surface area contributed by atoms with Crippen LogP contribution >= 0.6 is 0 Å². The highest BCUT2D eigenvalue weighted by molar-refractivity contribution is 6.83. The van der Waals surface area contributed by atoms with E-state index < -0.39 is 8.32 Å². The standard InChI is InChI=1S/C14H26OSi/c1-9-16(10-2)11-12(3,4)13(5,6)14(7,8)15-16/h9-10H,1-2,11H2,3-8H3. The normalized spacial score (nSPS) is 29.4. The molecule has 1 aliphatic heterocycles. The van der Waals surface area contributed by atoms with Gasteiger partial charge in [0.1, 0.15) is 0 Å². The molecule has 0 unspecified atom stereocenters. The molecule has 0 spiro atoms. The van der Waals surface area contributed by atoms with Gasteiger partial charge in [0.2, 0.25) is 8.32 Å². The molecule has 0 aromatic rings. The monoisotopic (exact) mass is 238 g/mol. The molecule has 1 heterocycles. The van der Waals surface area contributed by atoms with Gasteiger partial charge >= 0.3 is 0 Å². The molecule has 0 bridgehead atoms. The summed E-state index contributed by atoms with van der Waals surface area (Å²) in [5, 5.41) is 0. The Balaban J connectivity index is 3.27. The first-order valence-electron chi connectivity index (χ1n) is 6.01. The van der Waals surface area contributed by atoms with Gasteiger partial charge in [-0.15, -0.1) is 13.2 Å². The topological polar surface area (TPSA) is 9.23 Å². The second-order valence-electron chi connectivity index (χ2n) is 6.66. The minimum atomic E-state index is -1.96. The molecule has 0 aromatic carbocycles. The average molecular weight is 238 g/mol. The molecule has 2 heteroatoms. The first-order valence-corrected chi connectivity index (χ1v) is 8.28. The third-order valence-corrected chi connectivity index (χ3v) is 8.76. The van der Waals surface area contributed by atoms with E-state index in [2.05, 4.69) is 54.7 Å². The molecule has 0 amide bonds. The fourth-order valence-corrected chi connectivity index (χ4v) is 6.40. The van der Waals surface area contributed by atoms with Crippen LogP contribution in [0.3, 0.4) is 0 Å². The predicted molar refractivity (Wildman–Crippen MR) is 73.7 cm³/mol. The molecule has 0 atom stereocenters. The van der Waals surface area contributed by atoms with Crippen LogP contribution in [0.15, 0.2) is 24.6 Å². The fraction of sp³-hybridized carbons (Fsp3) is 0.714. The minimum absolute atomic E-state index is 0.136. The van der Waals surface area contributed by atoms with Crippen LogP contribution in [0.5, 0.6) is 0 Å². The third kappa shape index (κ3) is 1.72. The van der Waals surface area contributed by atoms with Gasteiger partial charge < -0.3 is 4.43 Å². The maximum absolute atomic E-state index is 6.41. The van der Waals surface area contributed by atoms with E-state index in [4.69, 9.17) is 4.43 Å². The van der Waals surface area contributed by atoms with Crippen molar-refractivity contribution >= 4 is 8.32 Å². The van der Waals surface area contributed by atoms with Crippen molar-refractivity contribution in [3.63, 3.8) is 0 Å². The Morgan fingerprint density at radius 2 is 1.44 bits per heavy atom. The van der Waals surface area contributed by atoms with Gasteiger partial charge in [-0.2, -0.15) is 0 Å². The Bertz CT molecular complexity index is 283. The highest BCUT2D eigenvalue weighted by Gasteiger charge is 2.58. The first kappa shape index (κ1) is 13.7. The Hall–Kier alpha value is -0.343. The summed E-state index contributed by atoms with van der Waals surface area (Å²) in [5.74, 6) is 0. The molecule has 0 radical (unpaired) electrons. The van der Waals surface area contributed by atoms with Gasteiger partial charge in [0.05, 0.1) is 5.60 Å². The molecule has 1 saturated heterocycles. The van der Waals surface area contributed by atoms with Crippen LogP contribution in [-0.4, -0.2) is 13.9 Å². The average Bonchev–Trinajstić information content (AvgIpc) is 2.13. The molecule has 1 rings (SSSR count). The van der Waals surface area contributed by atoms with Gasteiger partial charge in [0, 0.05) is 0 Å². The second-order valence-corrected chi connectivity index (χ2v) is 9.95. The van der Waals surface area contributed by atoms with E-state index in [0.717, 1.165) is 6.04 Å². The zero-order valence-electron chi connectivity index (χ0n) is 11.7. The van der Waals surface area contributed by atoms with E-state index >= 15 is 0 Å². The van der Waals surface area contributed by atoms with E-state index in [9.17, 15) is 0 Å². The summed E-state index contributed by atoms with van der Waals surface area (Å²) in [5.41, 5.74) is 4.30. The van der Waals surface area contributed by atoms with Crippen molar-refractivity contribution in [3.05, 3.63) is 24.6 Å². The van der Waals surface area contributed by atoms with Crippen molar-refractivity contribution in [1.82, 2.24) is 0 Å². The van der Waals surface area contributed by atoms with Gasteiger partial charge in [-0.1, -0.05) is 39.1 Å². The molecule has 0 saturated carbocycles. The molecular weight excluding hydrogens is 212 g/mol. The molecule has 92 valence electrons. The van der Waals surface area contributed by atoms with Gasteiger partial charge in [-0.05, 0) is 30.7 Å². The molecule has 0 aliphatic carbocycles. The lowest BCUT2D eigenvalue weighted by molar-refractivity contribution is -0.105. The molecule has 0 N–H and O–H groups in total. The largest absolute Gasteiger partial charge is 0.404 e. The van der Waals surface area contributed by atoms with E-state index in [0.29, 0.717) is 0 Å². The van der Waals surface area contributed by atoms with Gasteiger partial charge in [0.25, 0.3) is 0 Å². The summed E-state index contributed by atoms with van der Waals surface area (Å²) in [4.78, 5) is 0. The zero-order valence-corrected chi connectivity index (χ0v) is 12.7. The lowest BCUT2D eigenvalue weighted by Crippen LogP contribution is -2.63. The second kappa shape index (κ2) is 3.57. The van der Waals surface area contributed by atoms with Crippen molar-refractivity contribution in [3.8, 4) is 0 Å². The highest BCUT2D eigenvalue weighted by Crippen LogP contribution is 2.57. The van der Waals surface area contributed by atoms with Gasteiger partial charge in [0.15, 0.2) is 0 Å². The van der Waals surface area contributed by atoms with Crippen LogP contribution in [0, 0.1) is 10.8 Å². The maximum Gasteiger partial charge on any atom is 0.241 e. The van der Waals surface area contributed by atoms with E-state index in [1.807, 2.05) is 11.4 Å². The smallest absolute Gasteiger partial charge is 0.241 e. The number of hydrogen-bond acceptors (Lipinski definition) is 1. The van der Waals surface area contributed by atoms with Crippen LogP contribution in [0.25, 0.3) is 0 Å². The summed E-state index contributed by atoms with van der Waals surface area (Å²) in [6, 6.07) is 1.07. The Kier molecular flexibility index (Phi) is 3.06. The summed E-state index contributed by atoms with van der Waals surface area (Å²) in [7, 11) is -1.96. The van der Waals surface area contributed by atoms with Crippen molar-refractivity contribution in [2.75, 3.05) is 0 Å². The Labute approximate surface area is 102 Å². The van der Waals surface area contributed by atoms with Crippen LogP contribution in [-0.2, 0) is 4.43 Å². The number of hydrogen-bond donors (Lipinski definition) is 0. The van der Waals surface area contributed by atoms with E-state index in [1.165, 1.54) is 0 Å². The molecular formula is C14H26OSi. The highest BCUT2D eigenvalue weighted by atomic mass is 28.4. The number of rotatable bonds is 2. The lowest BCUT2D eigenvalue weighted by atomic mass is 9.60. The zero-order chi connectivity index (χ0) is 12.8. The molecule has 1 nitrogen and oxygen atoms in total. The van der Waals surface area contributed by atoms with Crippen molar-refractivity contribution < 1.29 is 4.43 Å². The summed E-state index contributed by atoms with van der Waals surface area (Å²) in [6.07, 6.45) is 0. The van der Waals surface area contributed by atoms with Crippen LogP contribution in [0.1, 0.15) is 41.5 Å². The maximum atomic E-state index is 6.41. The summed E-state index contributed by atoms with van der Waals surface area (Å²) < 4.78 is 6.41. The quantitative estimate of drug-likeness (QED) is 0.654. The summed E-state index contributed by atoms with van der Waals surface area (Å²) in [6.45, 7) is 21.6. The van der Waals surface area contributed by atoms with Crippen LogP contribution < -0.4 is 0 Å². The van der Waals surface area contributed by atoms with Crippen LogP contribution in [0.4, 0.5) is 0 Å². The molecule has 1 fully saturated rings. The van der Waals surface area contributed by atoms with E-state index in [1.54, 1.807) is 0 Å². The van der Waals surface area contributed by atoms with Gasteiger partial charge in [-0.3, -0.25) is 0 Å². The molecule has 0 aromatic heterocycles. The summed E-state index contributed by atoms with van der Waals surface area (Å²) >= 11 is 0. The first-order chi connectivity index (χ1) is 7.04. The SMILES string of the molecule is C=C[Si]1(C=C)CC(C)(C)C(C)(C)C(C)(C)O1. The van der Waals surface area contributed by atoms with Crippen molar-refractivity contribution in [2.45, 2.75) is 53.2 Å². The van der Waals surface area contributed by atoms with Gasteiger partial charge in [-0.25, -0.2) is 0 Å². The lowest BCUT2D eigenvalue weighted by Gasteiger charge is -2.60. The van der Waals surface area contributed by atoms with Crippen molar-refractivity contribution in [1.29, 1.82) is 0 Å². The third-order valence-electron chi connectivity index (χ3n) is 5.05. The van der Waals surface area contributed by atoms with E-state index in [-0.39, 0.29) is 16.4 Å². The minimum Gasteiger partial charge on any atom is -0.404 e.